The Morgan fingerprint density at radius 2 is 2.04 bits per heavy atom. The Morgan fingerprint density at radius 3 is 2.67 bits per heavy atom. The number of nitrogens with zero attached hydrogens (tertiary/aromatic N) is 1. The zero-order valence-electron chi connectivity index (χ0n) is 14.3. The van der Waals surface area contributed by atoms with Gasteiger partial charge in [-0.15, -0.1) is 23.2 Å². The van der Waals surface area contributed by atoms with Crippen LogP contribution in [0.4, 0.5) is 0 Å². The number of carbonyl (C=O) groups is 2. The average Bonchev–Trinajstić information content (AvgIpc) is 2.83. The second kappa shape index (κ2) is 7.59. The van der Waals surface area contributed by atoms with Crippen molar-refractivity contribution in [2.45, 2.75) is 22.1 Å². The van der Waals surface area contributed by atoms with Crippen LogP contribution in [-0.4, -0.2) is 50.2 Å². The molecule has 2 aliphatic rings. The number of aliphatic hydroxyl groups is 1. The van der Waals surface area contributed by atoms with Crippen molar-refractivity contribution in [2.75, 3.05) is 18.7 Å². The highest BCUT2D eigenvalue weighted by atomic mass is 79.9. The lowest BCUT2D eigenvalue weighted by molar-refractivity contribution is -0.138. The van der Waals surface area contributed by atoms with Crippen molar-refractivity contribution in [2.24, 2.45) is 0 Å². The smallest absolute Gasteiger partial charge is 0.254 e. The van der Waals surface area contributed by atoms with E-state index in [9.17, 15) is 9.59 Å². The minimum absolute atomic E-state index is 0.00636. The molecule has 1 aromatic rings. The lowest BCUT2D eigenvalue weighted by Gasteiger charge is -2.42. The van der Waals surface area contributed by atoms with Gasteiger partial charge in [-0.2, -0.15) is 0 Å². The van der Waals surface area contributed by atoms with Crippen molar-refractivity contribution in [3.05, 3.63) is 54.1 Å². The number of aliphatic hydroxyl groups excluding tert-OH is 1. The molecule has 1 aromatic carbocycles. The van der Waals surface area contributed by atoms with Crippen LogP contribution in [0.1, 0.15) is 17.9 Å². The maximum atomic E-state index is 13.2. The van der Waals surface area contributed by atoms with Crippen LogP contribution in [-0.2, 0) is 9.59 Å². The Balaban J connectivity index is 2.23. The van der Waals surface area contributed by atoms with E-state index < -0.39 is 27.5 Å². The van der Waals surface area contributed by atoms with Gasteiger partial charge in [-0.1, -0.05) is 52.9 Å². The molecule has 3 rings (SSSR count). The maximum Gasteiger partial charge on any atom is 0.254 e. The molecule has 5 nitrogen and oxygen atoms in total. The number of rotatable bonds is 6. The van der Waals surface area contributed by atoms with Gasteiger partial charge in [-0.25, -0.2) is 0 Å². The maximum absolute atomic E-state index is 13.2. The van der Waals surface area contributed by atoms with Crippen LogP contribution in [0.2, 0.25) is 0 Å². The molecule has 27 heavy (non-hydrogen) atoms. The third-order valence-electron chi connectivity index (χ3n) is 5.00. The van der Waals surface area contributed by atoms with E-state index in [4.69, 9.17) is 33.0 Å². The molecule has 1 heterocycles. The van der Waals surface area contributed by atoms with Gasteiger partial charge in [-0.05, 0) is 18.1 Å². The number of alkyl halides is 3. The fraction of sp³-hybridized carbons (Fsp3) is 0.368. The van der Waals surface area contributed by atoms with Crippen LogP contribution in [0.15, 0.2) is 48.6 Å². The van der Waals surface area contributed by atoms with E-state index >= 15 is 0 Å². The number of carbonyl (C=O) groups excluding carboxylic acids is 2. The van der Waals surface area contributed by atoms with E-state index in [-0.39, 0.29) is 25.1 Å². The molecule has 0 bridgehead atoms. The molecule has 1 N–H and O–H groups in total. The summed E-state index contributed by atoms with van der Waals surface area (Å²) >= 11 is 16.9. The summed E-state index contributed by atoms with van der Waals surface area (Å²) in [5, 5.41) is 9.10. The van der Waals surface area contributed by atoms with Crippen molar-refractivity contribution < 1.29 is 19.4 Å². The molecule has 144 valence electrons. The van der Waals surface area contributed by atoms with Crippen molar-refractivity contribution in [1.29, 1.82) is 0 Å². The monoisotopic (exact) mass is 473 g/mol. The largest absolute Gasteiger partial charge is 0.491 e. The highest BCUT2D eigenvalue weighted by Gasteiger charge is 2.72. The quantitative estimate of drug-likeness (QED) is 0.390. The van der Waals surface area contributed by atoms with Crippen LogP contribution in [0.25, 0.3) is 0 Å². The number of ether oxygens (including phenoxy) is 1. The molecule has 3 unspecified atom stereocenters. The lowest BCUT2D eigenvalue weighted by atomic mass is 9.68. The van der Waals surface area contributed by atoms with E-state index in [0.717, 1.165) is 4.90 Å². The zero-order chi connectivity index (χ0) is 19.8. The van der Waals surface area contributed by atoms with Crippen LogP contribution >= 0.6 is 39.1 Å². The number of imide groups is 1. The molecule has 1 fully saturated rings. The normalized spacial score (nSPS) is 30.1. The first-order chi connectivity index (χ1) is 12.9. The van der Waals surface area contributed by atoms with Gasteiger partial charge in [0.15, 0.2) is 9.75 Å². The second-order valence-corrected chi connectivity index (χ2v) is 8.07. The van der Waals surface area contributed by atoms with E-state index in [1.54, 1.807) is 36.4 Å². The van der Waals surface area contributed by atoms with Crippen LogP contribution in [0, 0.1) is 0 Å². The number of hydrogen-bond acceptors (Lipinski definition) is 4. The summed E-state index contributed by atoms with van der Waals surface area (Å²) in [7, 11) is 0. The predicted octanol–water partition coefficient (Wildman–Crippen LogP) is 3.33. The molecule has 0 spiro atoms. The van der Waals surface area contributed by atoms with E-state index in [1.807, 2.05) is 0 Å². The predicted molar refractivity (Wildman–Crippen MR) is 107 cm³/mol. The minimum atomic E-state index is -1.73. The average molecular weight is 475 g/mol. The van der Waals surface area contributed by atoms with E-state index in [1.165, 1.54) is 0 Å². The molecule has 0 saturated carbocycles. The number of amides is 2. The van der Waals surface area contributed by atoms with E-state index in [2.05, 4.69) is 22.5 Å². The number of allylic oxidation sites excluding steroid dienone is 3. The summed E-state index contributed by atoms with van der Waals surface area (Å²) in [5.41, 5.74) is 1.31. The zero-order valence-corrected chi connectivity index (χ0v) is 17.4. The molecule has 0 aromatic heterocycles. The van der Waals surface area contributed by atoms with Gasteiger partial charge in [0.05, 0.1) is 12.1 Å². The lowest BCUT2D eigenvalue weighted by Crippen LogP contribution is -2.55. The molecule has 8 heteroatoms. The van der Waals surface area contributed by atoms with Gasteiger partial charge < -0.3 is 9.84 Å². The standard InChI is InChI=1S/C19H18BrCl2NO4/c1-2-12-7-8-18(21)16(25)23(11-20)17(26)19(18,22)15(12)13-5-3-4-6-14(13)27-10-9-24/h2-7,15,24H,1,8-11H2. The Bertz CT molecular complexity index is 830. The first-order valence-corrected chi connectivity index (χ1v) is 10.2. The first kappa shape index (κ1) is 20.4. The SMILES string of the molecule is C=CC1=CCC2(Cl)C(=O)N(CBr)C(=O)C2(Cl)C1c1ccccc1OCCO. The Kier molecular flexibility index (Phi) is 5.73. The van der Waals surface area contributed by atoms with Crippen molar-refractivity contribution in [3.8, 4) is 5.75 Å². The molecule has 3 atom stereocenters. The third-order valence-corrected chi connectivity index (χ3v) is 6.92. The van der Waals surface area contributed by atoms with Gasteiger partial charge in [0, 0.05) is 11.5 Å². The number of para-hydroxylation sites is 1. The van der Waals surface area contributed by atoms with Crippen molar-refractivity contribution >= 4 is 50.9 Å². The summed E-state index contributed by atoms with van der Waals surface area (Å²) in [6.45, 7) is 3.75. The summed E-state index contributed by atoms with van der Waals surface area (Å²) in [4.78, 5) is 23.8. The highest BCUT2D eigenvalue weighted by molar-refractivity contribution is 9.09. The van der Waals surface area contributed by atoms with Gasteiger partial charge in [0.2, 0.25) is 0 Å². The number of fused-ring (bicyclic) bond motifs is 1. The van der Waals surface area contributed by atoms with Gasteiger partial charge in [0.1, 0.15) is 12.4 Å². The molecule has 1 saturated heterocycles. The second-order valence-electron chi connectivity index (χ2n) is 6.33. The molecular weight excluding hydrogens is 457 g/mol. The third kappa shape index (κ3) is 2.85. The summed E-state index contributed by atoms with van der Waals surface area (Å²) in [6.07, 6.45) is 3.52. The van der Waals surface area contributed by atoms with E-state index in [0.29, 0.717) is 16.9 Å². The number of hydrogen-bond donors (Lipinski definition) is 1. The summed E-state index contributed by atoms with van der Waals surface area (Å²) in [6, 6.07) is 7.06. The Morgan fingerprint density at radius 1 is 1.33 bits per heavy atom. The van der Waals surface area contributed by atoms with Gasteiger partial charge >= 0.3 is 0 Å². The molecular formula is C19H18BrCl2NO4. The number of benzene rings is 1. The number of likely N-dealkylation sites (tertiary alicyclic amines) is 1. The molecule has 1 aliphatic heterocycles. The molecule has 2 amide bonds. The van der Waals surface area contributed by atoms with Gasteiger partial charge in [-0.3, -0.25) is 14.5 Å². The van der Waals surface area contributed by atoms with Crippen LogP contribution in [0.3, 0.4) is 0 Å². The van der Waals surface area contributed by atoms with Gasteiger partial charge in [0.25, 0.3) is 11.8 Å². The van der Waals surface area contributed by atoms with Crippen LogP contribution in [0.5, 0.6) is 5.75 Å². The van der Waals surface area contributed by atoms with Crippen molar-refractivity contribution in [1.82, 2.24) is 4.90 Å². The summed E-state index contributed by atoms with van der Waals surface area (Å²) in [5.74, 6) is -1.37. The first-order valence-electron chi connectivity index (χ1n) is 8.32. The summed E-state index contributed by atoms with van der Waals surface area (Å²) < 4.78 is 5.64. The highest BCUT2D eigenvalue weighted by Crippen LogP contribution is 2.60. The number of halogens is 3. The Labute approximate surface area is 175 Å². The minimum Gasteiger partial charge on any atom is -0.491 e. The Hall–Kier alpha value is -1.34. The van der Waals surface area contributed by atoms with Crippen molar-refractivity contribution in [3.63, 3.8) is 0 Å². The fourth-order valence-electron chi connectivity index (χ4n) is 3.73. The molecule has 1 aliphatic carbocycles. The van der Waals surface area contributed by atoms with Crippen LogP contribution < -0.4 is 4.74 Å². The topological polar surface area (TPSA) is 66.8 Å². The molecule has 0 radical (unpaired) electrons. The fourth-order valence-corrected chi connectivity index (χ4v) is 5.06.